The zero-order valence-electron chi connectivity index (χ0n) is 12.9. The SMILES string of the molecule is COc1cn(-c2ccccc2)nc1C(=O)OCC(=O)NCC(N)=O. The minimum atomic E-state index is -0.823. The highest BCUT2D eigenvalue weighted by Crippen LogP contribution is 2.20. The highest BCUT2D eigenvalue weighted by molar-refractivity contribution is 5.92. The summed E-state index contributed by atoms with van der Waals surface area (Å²) in [6.07, 6.45) is 1.53. The van der Waals surface area contributed by atoms with Crippen LogP contribution in [0.2, 0.25) is 0 Å². The number of benzene rings is 1. The molecule has 0 fully saturated rings. The first kappa shape index (κ1) is 17.0. The van der Waals surface area contributed by atoms with Gasteiger partial charge in [0.1, 0.15) is 0 Å². The molecule has 0 atom stereocenters. The normalized spacial score (nSPS) is 10.0. The summed E-state index contributed by atoms with van der Waals surface area (Å²) >= 11 is 0. The molecule has 0 saturated heterocycles. The fraction of sp³-hybridized carbons (Fsp3) is 0.200. The topological polar surface area (TPSA) is 126 Å². The average molecular weight is 332 g/mol. The maximum absolute atomic E-state index is 12.1. The Kier molecular flexibility index (Phi) is 5.50. The van der Waals surface area contributed by atoms with Crippen molar-refractivity contribution < 1.29 is 23.9 Å². The van der Waals surface area contributed by atoms with Gasteiger partial charge in [-0.25, -0.2) is 9.48 Å². The van der Waals surface area contributed by atoms with Crippen LogP contribution in [-0.2, 0) is 14.3 Å². The summed E-state index contributed by atoms with van der Waals surface area (Å²) in [5, 5.41) is 6.32. The molecule has 0 radical (unpaired) electrons. The van der Waals surface area contributed by atoms with Crippen molar-refractivity contribution in [2.24, 2.45) is 5.73 Å². The Morgan fingerprint density at radius 1 is 1.25 bits per heavy atom. The van der Waals surface area contributed by atoms with Crippen LogP contribution in [0.5, 0.6) is 5.75 Å². The van der Waals surface area contributed by atoms with Gasteiger partial charge in [0.05, 0.1) is 25.5 Å². The van der Waals surface area contributed by atoms with E-state index in [9.17, 15) is 14.4 Å². The summed E-state index contributed by atoms with van der Waals surface area (Å²) < 4.78 is 11.4. The number of amides is 2. The van der Waals surface area contributed by atoms with Gasteiger partial charge in [-0.3, -0.25) is 9.59 Å². The summed E-state index contributed by atoms with van der Waals surface area (Å²) in [4.78, 5) is 34.0. The molecule has 9 nitrogen and oxygen atoms in total. The number of aromatic nitrogens is 2. The van der Waals surface area contributed by atoms with E-state index >= 15 is 0 Å². The largest absolute Gasteiger partial charge is 0.493 e. The van der Waals surface area contributed by atoms with Gasteiger partial charge < -0.3 is 20.5 Å². The second-order valence-corrected chi connectivity index (χ2v) is 4.65. The van der Waals surface area contributed by atoms with Crippen LogP contribution in [0, 0.1) is 0 Å². The minimum absolute atomic E-state index is 0.0657. The van der Waals surface area contributed by atoms with Gasteiger partial charge in [0.15, 0.2) is 12.4 Å². The first-order chi connectivity index (χ1) is 11.5. The number of hydrogen-bond acceptors (Lipinski definition) is 6. The van der Waals surface area contributed by atoms with Gasteiger partial charge in [-0.05, 0) is 12.1 Å². The first-order valence-corrected chi connectivity index (χ1v) is 6.92. The van der Waals surface area contributed by atoms with E-state index in [1.54, 1.807) is 12.1 Å². The molecule has 0 aliphatic rings. The van der Waals surface area contributed by atoms with Crippen molar-refractivity contribution in [3.63, 3.8) is 0 Å². The quantitative estimate of drug-likeness (QED) is 0.667. The molecule has 126 valence electrons. The minimum Gasteiger partial charge on any atom is -0.493 e. The molecule has 0 spiro atoms. The van der Waals surface area contributed by atoms with Gasteiger partial charge in [0, 0.05) is 0 Å². The number of hydrogen-bond donors (Lipinski definition) is 2. The van der Waals surface area contributed by atoms with Gasteiger partial charge in [0.2, 0.25) is 11.6 Å². The Hall–Kier alpha value is -3.36. The number of methoxy groups -OCH3 is 1. The molecule has 0 unspecified atom stereocenters. The number of ether oxygens (including phenoxy) is 2. The zero-order chi connectivity index (χ0) is 17.5. The van der Waals surface area contributed by atoms with Crippen LogP contribution in [0.15, 0.2) is 36.5 Å². The van der Waals surface area contributed by atoms with E-state index in [4.69, 9.17) is 15.2 Å². The van der Waals surface area contributed by atoms with Crippen molar-refractivity contribution in [3.05, 3.63) is 42.2 Å². The third-order valence-electron chi connectivity index (χ3n) is 2.91. The number of esters is 1. The molecule has 0 aliphatic carbocycles. The lowest BCUT2D eigenvalue weighted by molar-refractivity contribution is -0.127. The maximum Gasteiger partial charge on any atom is 0.363 e. The van der Waals surface area contributed by atoms with Gasteiger partial charge in [-0.1, -0.05) is 18.2 Å². The van der Waals surface area contributed by atoms with Crippen molar-refractivity contribution in [2.75, 3.05) is 20.3 Å². The van der Waals surface area contributed by atoms with Crippen LogP contribution in [0.1, 0.15) is 10.5 Å². The van der Waals surface area contributed by atoms with Crippen LogP contribution in [0.3, 0.4) is 0 Å². The van der Waals surface area contributed by atoms with Crippen LogP contribution >= 0.6 is 0 Å². The third-order valence-corrected chi connectivity index (χ3v) is 2.91. The van der Waals surface area contributed by atoms with E-state index in [2.05, 4.69) is 10.4 Å². The van der Waals surface area contributed by atoms with Crippen LogP contribution in [0.25, 0.3) is 5.69 Å². The van der Waals surface area contributed by atoms with E-state index in [-0.39, 0.29) is 18.0 Å². The Balaban J connectivity index is 2.05. The van der Waals surface area contributed by atoms with Crippen LogP contribution < -0.4 is 15.8 Å². The third kappa shape index (κ3) is 4.32. The van der Waals surface area contributed by atoms with Crippen LogP contribution in [-0.4, -0.2) is 47.8 Å². The Morgan fingerprint density at radius 3 is 2.58 bits per heavy atom. The van der Waals surface area contributed by atoms with Gasteiger partial charge in [0.25, 0.3) is 5.91 Å². The lowest BCUT2D eigenvalue weighted by Crippen LogP contribution is -2.36. The number of carbonyl (C=O) groups excluding carboxylic acids is 3. The van der Waals surface area contributed by atoms with Crippen LogP contribution in [0.4, 0.5) is 0 Å². The number of carbonyl (C=O) groups is 3. The molecule has 0 saturated carbocycles. The van der Waals surface area contributed by atoms with Crippen molar-refractivity contribution in [1.29, 1.82) is 0 Å². The smallest absolute Gasteiger partial charge is 0.363 e. The van der Waals surface area contributed by atoms with Gasteiger partial charge in [-0.15, -0.1) is 0 Å². The Labute approximate surface area is 137 Å². The summed E-state index contributed by atoms with van der Waals surface area (Å²) in [7, 11) is 1.39. The summed E-state index contributed by atoms with van der Waals surface area (Å²) in [5.41, 5.74) is 5.56. The second-order valence-electron chi connectivity index (χ2n) is 4.65. The van der Waals surface area contributed by atoms with E-state index in [0.717, 1.165) is 5.69 Å². The van der Waals surface area contributed by atoms with E-state index in [1.165, 1.54) is 18.0 Å². The van der Waals surface area contributed by atoms with Crippen molar-refractivity contribution >= 4 is 17.8 Å². The fourth-order valence-corrected chi connectivity index (χ4v) is 1.80. The van der Waals surface area contributed by atoms with Crippen molar-refractivity contribution in [3.8, 4) is 11.4 Å². The number of nitrogens with zero attached hydrogens (tertiary/aromatic N) is 2. The Bertz CT molecular complexity index is 742. The number of primary amides is 1. The molecule has 1 heterocycles. The maximum atomic E-state index is 12.1. The van der Waals surface area contributed by atoms with Crippen molar-refractivity contribution in [1.82, 2.24) is 15.1 Å². The lowest BCUT2D eigenvalue weighted by Gasteiger charge is -2.04. The molecule has 1 aromatic heterocycles. The summed E-state index contributed by atoms with van der Waals surface area (Å²) in [6, 6.07) is 9.11. The molecule has 9 heteroatoms. The molecule has 0 aliphatic heterocycles. The van der Waals surface area contributed by atoms with E-state index < -0.39 is 24.4 Å². The van der Waals surface area contributed by atoms with Crippen molar-refractivity contribution in [2.45, 2.75) is 0 Å². The number of para-hydroxylation sites is 1. The fourth-order valence-electron chi connectivity index (χ4n) is 1.80. The van der Waals surface area contributed by atoms with Gasteiger partial charge >= 0.3 is 5.97 Å². The average Bonchev–Trinajstić information content (AvgIpc) is 3.03. The second kappa shape index (κ2) is 7.77. The summed E-state index contributed by atoms with van der Waals surface area (Å²) in [6.45, 7) is -0.893. The number of nitrogens with two attached hydrogens (primary N) is 1. The molecular weight excluding hydrogens is 316 g/mol. The molecule has 2 aromatic rings. The number of nitrogens with one attached hydrogen (secondary N) is 1. The zero-order valence-corrected chi connectivity index (χ0v) is 12.9. The lowest BCUT2D eigenvalue weighted by atomic mass is 10.3. The highest BCUT2D eigenvalue weighted by atomic mass is 16.5. The monoisotopic (exact) mass is 332 g/mol. The molecule has 24 heavy (non-hydrogen) atoms. The van der Waals surface area contributed by atoms with Gasteiger partial charge in [-0.2, -0.15) is 5.10 Å². The standard InChI is InChI=1S/C15H16N4O5/c1-23-11-8-19(10-5-3-2-4-6-10)18-14(11)15(22)24-9-13(21)17-7-12(16)20/h2-6,8H,7,9H2,1H3,(H2,16,20)(H,17,21). The molecule has 2 rings (SSSR count). The first-order valence-electron chi connectivity index (χ1n) is 6.92. The summed E-state index contributed by atoms with van der Waals surface area (Å²) in [5.74, 6) is -1.96. The molecule has 2 amide bonds. The molecule has 1 aromatic carbocycles. The molecule has 3 N–H and O–H groups in total. The predicted molar refractivity (Wildman–Crippen MR) is 82.6 cm³/mol. The molecule has 0 bridgehead atoms. The Morgan fingerprint density at radius 2 is 1.96 bits per heavy atom. The predicted octanol–water partition coefficient (Wildman–Crippen LogP) is -0.361. The number of rotatable bonds is 7. The molecular formula is C15H16N4O5. The van der Waals surface area contributed by atoms with E-state index in [0.29, 0.717) is 0 Å². The highest BCUT2D eigenvalue weighted by Gasteiger charge is 2.20. The van der Waals surface area contributed by atoms with E-state index in [1.807, 2.05) is 18.2 Å².